The lowest BCUT2D eigenvalue weighted by Crippen LogP contribution is -2.71. The average molecular weight is 361 g/mol. The van der Waals surface area contributed by atoms with Crippen LogP contribution in [-0.4, -0.2) is 78.5 Å². The Kier molecular flexibility index (Phi) is 4.63. The first-order chi connectivity index (χ1) is 11.3. The number of halogens is 1. The van der Waals surface area contributed by atoms with Crippen molar-refractivity contribution in [1.29, 1.82) is 0 Å². The zero-order valence-electron chi connectivity index (χ0n) is 13.4. The minimum Gasteiger partial charge on any atom is -0.372 e. The SMILES string of the molecule is CCOCC(=O)N1CC2(C1)CS(=O)(=O)[C@@H](Cn1cc(F)cn1)CO2. The summed E-state index contributed by atoms with van der Waals surface area (Å²) in [6.07, 6.45) is 2.18. The molecule has 2 fully saturated rings. The van der Waals surface area contributed by atoms with Crippen molar-refractivity contribution in [2.45, 2.75) is 24.3 Å². The summed E-state index contributed by atoms with van der Waals surface area (Å²) in [5.74, 6) is -0.826. The maximum Gasteiger partial charge on any atom is 0.248 e. The van der Waals surface area contributed by atoms with Crippen molar-refractivity contribution in [3.05, 3.63) is 18.2 Å². The second-order valence-electron chi connectivity index (χ2n) is 6.19. The Morgan fingerprint density at radius 1 is 1.54 bits per heavy atom. The number of hydrogen-bond acceptors (Lipinski definition) is 6. The largest absolute Gasteiger partial charge is 0.372 e. The van der Waals surface area contributed by atoms with Gasteiger partial charge in [-0.1, -0.05) is 0 Å². The molecule has 0 aromatic carbocycles. The topological polar surface area (TPSA) is 90.7 Å². The lowest BCUT2D eigenvalue weighted by molar-refractivity contribution is -0.168. The molecule has 0 unspecified atom stereocenters. The number of likely N-dealkylation sites (tertiary alicyclic amines) is 1. The highest BCUT2D eigenvalue weighted by Gasteiger charge is 2.53. The van der Waals surface area contributed by atoms with Gasteiger partial charge in [-0.2, -0.15) is 5.10 Å². The normalized spacial score (nSPS) is 24.8. The minimum atomic E-state index is -3.42. The molecule has 0 aliphatic carbocycles. The smallest absolute Gasteiger partial charge is 0.248 e. The van der Waals surface area contributed by atoms with Gasteiger partial charge in [-0.05, 0) is 6.92 Å². The van der Waals surface area contributed by atoms with Gasteiger partial charge in [0.15, 0.2) is 15.7 Å². The van der Waals surface area contributed by atoms with Crippen LogP contribution in [0, 0.1) is 5.82 Å². The van der Waals surface area contributed by atoms with Gasteiger partial charge in [-0.25, -0.2) is 12.8 Å². The molecule has 2 aliphatic heterocycles. The minimum absolute atomic E-state index is 0.00713. The van der Waals surface area contributed by atoms with E-state index in [-0.39, 0.29) is 44.5 Å². The third-order valence-electron chi connectivity index (χ3n) is 4.28. The molecular weight excluding hydrogens is 341 g/mol. The molecule has 1 aromatic heterocycles. The third-order valence-corrected chi connectivity index (χ3v) is 6.51. The zero-order valence-corrected chi connectivity index (χ0v) is 14.2. The van der Waals surface area contributed by atoms with Crippen molar-refractivity contribution < 1.29 is 27.1 Å². The maximum atomic E-state index is 13.0. The average Bonchev–Trinajstić information content (AvgIpc) is 2.89. The van der Waals surface area contributed by atoms with E-state index in [0.717, 1.165) is 12.4 Å². The van der Waals surface area contributed by atoms with E-state index in [1.165, 1.54) is 9.58 Å². The van der Waals surface area contributed by atoms with Crippen LogP contribution in [0.4, 0.5) is 4.39 Å². The highest BCUT2D eigenvalue weighted by molar-refractivity contribution is 7.92. The number of sulfone groups is 1. The number of carbonyl (C=O) groups is 1. The van der Waals surface area contributed by atoms with Crippen molar-refractivity contribution in [1.82, 2.24) is 14.7 Å². The predicted octanol–water partition coefficient (Wildman–Crippen LogP) is -0.547. The predicted molar refractivity (Wildman–Crippen MR) is 81.5 cm³/mol. The van der Waals surface area contributed by atoms with Gasteiger partial charge in [0.2, 0.25) is 5.91 Å². The summed E-state index contributed by atoms with van der Waals surface area (Å²) in [4.78, 5) is 13.4. The highest BCUT2D eigenvalue weighted by Crippen LogP contribution is 2.33. The van der Waals surface area contributed by atoms with Crippen LogP contribution >= 0.6 is 0 Å². The molecule has 2 saturated heterocycles. The van der Waals surface area contributed by atoms with E-state index in [4.69, 9.17) is 9.47 Å². The van der Waals surface area contributed by atoms with Crippen molar-refractivity contribution >= 4 is 15.7 Å². The van der Waals surface area contributed by atoms with Gasteiger partial charge in [0.25, 0.3) is 0 Å². The van der Waals surface area contributed by atoms with Crippen LogP contribution in [0.1, 0.15) is 6.92 Å². The fourth-order valence-corrected chi connectivity index (χ4v) is 4.89. The first-order valence-electron chi connectivity index (χ1n) is 7.72. The lowest BCUT2D eigenvalue weighted by Gasteiger charge is -2.52. The number of carbonyl (C=O) groups excluding carboxylic acids is 1. The molecule has 2 aliphatic rings. The molecule has 0 radical (unpaired) electrons. The molecule has 1 amide bonds. The van der Waals surface area contributed by atoms with Crippen LogP contribution in [0.15, 0.2) is 12.4 Å². The zero-order chi connectivity index (χ0) is 17.4. The summed E-state index contributed by atoms with van der Waals surface area (Å²) in [6.45, 7) is 2.81. The first-order valence-corrected chi connectivity index (χ1v) is 9.44. The van der Waals surface area contributed by atoms with Crippen LogP contribution in [0.25, 0.3) is 0 Å². The number of hydrogen-bond donors (Lipinski definition) is 0. The Labute approximate surface area is 139 Å². The third kappa shape index (κ3) is 3.45. The Bertz CT molecular complexity index is 714. The summed E-state index contributed by atoms with van der Waals surface area (Å²) in [7, 11) is -3.42. The number of rotatable bonds is 5. The Morgan fingerprint density at radius 3 is 2.88 bits per heavy atom. The molecule has 1 atom stereocenters. The molecule has 10 heteroatoms. The summed E-state index contributed by atoms with van der Waals surface area (Å²) < 4.78 is 50.1. The monoisotopic (exact) mass is 361 g/mol. The first kappa shape index (κ1) is 17.3. The molecule has 3 heterocycles. The van der Waals surface area contributed by atoms with Crippen LogP contribution in [0.2, 0.25) is 0 Å². The molecule has 1 aromatic rings. The maximum absolute atomic E-state index is 13.0. The highest BCUT2D eigenvalue weighted by atomic mass is 32.2. The van der Waals surface area contributed by atoms with Crippen LogP contribution in [-0.2, 0) is 30.7 Å². The van der Waals surface area contributed by atoms with Crippen molar-refractivity contribution in [2.24, 2.45) is 0 Å². The summed E-state index contributed by atoms with van der Waals surface area (Å²) >= 11 is 0. The van der Waals surface area contributed by atoms with Crippen LogP contribution in [0.3, 0.4) is 0 Å². The molecule has 0 N–H and O–H groups in total. The van der Waals surface area contributed by atoms with Gasteiger partial charge in [-0.3, -0.25) is 9.48 Å². The van der Waals surface area contributed by atoms with E-state index in [1.807, 2.05) is 0 Å². The van der Waals surface area contributed by atoms with Gasteiger partial charge in [-0.15, -0.1) is 0 Å². The Balaban J connectivity index is 1.58. The van der Waals surface area contributed by atoms with E-state index < -0.39 is 26.5 Å². The quantitative estimate of drug-likeness (QED) is 0.699. The van der Waals surface area contributed by atoms with Crippen molar-refractivity contribution in [3.8, 4) is 0 Å². The molecule has 0 saturated carbocycles. The summed E-state index contributed by atoms with van der Waals surface area (Å²) in [5, 5.41) is 3.00. The fraction of sp³-hybridized carbons (Fsp3) is 0.714. The molecule has 8 nitrogen and oxygen atoms in total. The van der Waals surface area contributed by atoms with Gasteiger partial charge < -0.3 is 14.4 Å². The van der Waals surface area contributed by atoms with E-state index >= 15 is 0 Å². The van der Waals surface area contributed by atoms with Crippen molar-refractivity contribution in [3.63, 3.8) is 0 Å². The van der Waals surface area contributed by atoms with Crippen LogP contribution in [0.5, 0.6) is 0 Å². The number of nitrogens with zero attached hydrogens (tertiary/aromatic N) is 3. The molecule has 24 heavy (non-hydrogen) atoms. The molecule has 1 spiro atoms. The number of aromatic nitrogens is 2. The molecular formula is C14H20FN3O5S. The summed E-state index contributed by atoms with van der Waals surface area (Å²) in [5.41, 5.74) is -0.827. The van der Waals surface area contributed by atoms with Gasteiger partial charge >= 0.3 is 0 Å². The second kappa shape index (κ2) is 6.41. The molecule has 3 rings (SSSR count). The Hall–Kier alpha value is -1.52. The number of ether oxygens (including phenoxy) is 2. The molecule has 0 bridgehead atoms. The summed E-state index contributed by atoms with van der Waals surface area (Å²) in [6, 6.07) is 0. The van der Waals surface area contributed by atoms with E-state index in [2.05, 4.69) is 5.10 Å². The van der Waals surface area contributed by atoms with E-state index in [9.17, 15) is 17.6 Å². The second-order valence-corrected chi connectivity index (χ2v) is 8.47. The van der Waals surface area contributed by atoms with Crippen molar-refractivity contribution in [2.75, 3.05) is 38.7 Å². The van der Waals surface area contributed by atoms with Gasteiger partial charge in [0.05, 0.1) is 44.4 Å². The fourth-order valence-electron chi connectivity index (χ4n) is 3.00. The van der Waals surface area contributed by atoms with Crippen LogP contribution < -0.4 is 0 Å². The standard InChI is InChI=1S/C14H20FN3O5S/c1-2-22-7-13(19)17-8-14(9-17)10-24(20,21)12(6-23-14)5-18-4-11(15)3-16-18/h3-4,12H,2,5-10H2,1H3/t12-/m0/s1. The van der Waals surface area contributed by atoms with E-state index in [0.29, 0.717) is 6.61 Å². The van der Waals surface area contributed by atoms with Gasteiger partial charge in [0.1, 0.15) is 17.5 Å². The molecule has 134 valence electrons. The van der Waals surface area contributed by atoms with Gasteiger partial charge in [0, 0.05) is 6.61 Å². The lowest BCUT2D eigenvalue weighted by atomic mass is 9.95. The van der Waals surface area contributed by atoms with E-state index in [1.54, 1.807) is 6.92 Å². The Morgan fingerprint density at radius 2 is 2.29 bits per heavy atom. The number of amides is 1.